The second kappa shape index (κ2) is 6.37. The van der Waals surface area contributed by atoms with Gasteiger partial charge >= 0.3 is 0 Å². The van der Waals surface area contributed by atoms with E-state index in [4.69, 9.17) is 0 Å². The summed E-state index contributed by atoms with van der Waals surface area (Å²) in [5.41, 5.74) is 4.28. The lowest BCUT2D eigenvalue weighted by atomic mass is 9.97. The summed E-state index contributed by atoms with van der Waals surface area (Å²) in [6, 6.07) is 6.68. The van der Waals surface area contributed by atoms with E-state index in [1.54, 1.807) is 0 Å². The minimum atomic E-state index is 0.835. The standard InChI is InChI=1S/C18H29N3/c1-14-5-4-6-18(16(14)3)21-9-7-20(8-10-21)13-17-12-19-11-15(17)2/h4-6,15,17,19H,7-13H2,1-3H3/t15-,17+/m1/s1. The van der Waals surface area contributed by atoms with Crippen molar-refractivity contribution >= 4 is 5.69 Å². The van der Waals surface area contributed by atoms with Crippen LogP contribution in [0.25, 0.3) is 0 Å². The maximum atomic E-state index is 3.52. The highest BCUT2D eigenvalue weighted by molar-refractivity contribution is 5.56. The highest BCUT2D eigenvalue weighted by Gasteiger charge is 2.27. The molecule has 3 nitrogen and oxygen atoms in total. The van der Waals surface area contributed by atoms with Crippen LogP contribution >= 0.6 is 0 Å². The smallest absolute Gasteiger partial charge is 0.0399 e. The first-order valence-electron chi connectivity index (χ1n) is 8.39. The Kier molecular flexibility index (Phi) is 4.51. The van der Waals surface area contributed by atoms with E-state index in [1.807, 2.05) is 0 Å². The second-order valence-electron chi connectivity index (χ2n) is 6.90. The topological polar surface area (TPSA) is 18.5 Å². The van der Waals surface area contributed by atoms with E-state index < -0.39 is 0 Å². The second-order valence-corrected chi connectivity index (χ2v) is 6.90. The van der Waals surface area contributed by atoms with Crippen molar-refractivity contribution < 1.29 is 0 Å². The number of nitrogens with zero attached hydrogens (tertiary/aromatic N) is 2. The molecule has 2 atom stereocenters. The van der Waals surface area contributed by atoms with Gasteiger partial charge in [-0.2, -0.15) is 0 Å². The van der Waals surface area contributed by atoms with Crippen molar-refractivity contribution in [2.24, 2.45) is 11.8 Å². The Morgan fingerprint density at radius 1 is 1.10 bits per heavy atom. The fraction of sp³-hybridized carbons (Fsp3) is 0.667. The molecule has 2 aliphatic heterocycles. The van der Waals surface area contributed by atoms with Gasteiger partial charge in [-0.25, -0.2) is 0 Å². The van der Waals surface area contributed by atoms with E-state index in [2.05, 4.69) is 54.1 Å². The van der Waals surface area contributed by atoms with E-state index in [0.717, 1.165) is 11.8 Å². The lowest BCUT2D eigenvalue weighted by Gasteiger charge is -2.38. The van der Waals surface area contributed by atoms with Crippen molar-refractivity contribution in [1.82, 2.24) is 10.2 Å². The lowest BCUT2D eigenvalue weighted by Crippen LogP contribution is -2.48. The van der Waals surface area contributed by atoms with E-state index in [1.165, 1.54) is 62.6 Å². The molecule has 0 aliphatic carbocycles. The van der Waals surface area contributed by atoms with Crippen LogP contribution in [0.15, 0.2) is 18.2 Å². The van der Waals surface area contributed by atoms with Gasteiger partial charge in [0.25, 0.3) is 0 Å². The van der Waals surface area contributed by atoms with Crippen LogP contribution in [0.5, 0.6) is 0 Å². The van der Waals surface area contributed by atoms with Crippen molar-refractivity contribution in [3.8, 4) is 0 Å². The highest BCUT2D eigenvalue weighted by atomic mass is 15.3. The lowest BCUT2D eigenvalue weighted by molar-refractivity contribution is 0.207. The van der Waals surface area contributed by atoms with Gasteiger partial charge in [0.2, 0.25) is 0 Å². The Bertz CT molecular complexity index is 477. The largest absolute Gasteiger partial charge is 0.369 e. The zero-order valence-corrected chi connectivity index (χ0v) is 13.7. The van der Waals surface area contributed by atoms with E-state index in [0.29, 0.717) is 0 Å². The van der Waals surface area contributed by atoms with E-state index in [9.17, 15) is 0 Å². The number of hydrogen-bond donors (Lipinski definition) is 1. The minimum Gasteiger partial charge on any atom is -0.369 e. The molecule has 3 rings (SSSR count). The Balaban J connectivity index is 1.56. The molecule has 0 aromatic heterocycles. The number of nitrogens with one attached hydrogen (secondary N) is 1. The molecule has 2 heterocycles. The molecule has 0 radical (unpaired) electrons. The average molecular weight is 287 g/mol. The summed E-state index contributed by atoms with van der Waals surface area (Å²) in [6.07, 6.45) is 0. The van der Waals surface area contributed by atoms with Crippen LogP contribution in [0.4, 0.5) is 5.69 Å². The van der Waals surface area contributed by atoms with E-state index in [-0.39, 0.29) is 0 Å². The van der Waals surface area contributed by atoms with Gasteiger partial charge in [-0.3, -0.25) is 4.90 Å². The van der Waals surface area contributed by atoms with Gasteiger partial charge in [-0.1, -0.05) is 19.1 Å². The minimum absolute atomic E-state index is 0.835. The van der Waals surface area contributed by atoms with Crippen molar-refractivity contribution in [3.63, 3.8) is 0 Å². The molecule has 2 fully saturated rings. The zero-order chi connectivity index (χ0) is 14.8. The van der Waals surface area contributed by atoms with Crippen molar-refractivity contribution in [2.75, 3.05) is 50.7 Å². The number of benzene rings is 1. The fourth-order valence-corrected chi connectivity index (χ4v) is 3.69. The number of hydrogen-bond acceptors (Lipinski definition) is 3. The maximum absolute atomic E-state index is 3.52. The third-order valence-corrected chi connectivity index (χ3v) is 5.46. The van der Waals surface area contributed by atoms with Crippen molar-refractivity contribution in [3.05, 3.63) is 29.3 Å². The third kappa shape index (κ3) is 3.24. The van der Waals surface area contributed by atoms with E-state index >= 15 is 0 Å². The molecule has 0 saturated carbocycles. The predicted molar refractivity (Wildman–Crippen MR) is 90.1 cm³/mol. The van der Waals surface area contributed by atoms with Gasteiger partial charge in [0.05, 0.1) is 0 Å². The monoisotopic (exact) mass is 287 g/mol. The quantitative estimate of drug-likeness (QED) is 0.920. The van der Waals surface area contributed by atoms with Crippen LogP contribution in [-0.4, -0.2) is 50.7 Å². The molecular weight excluding hydrogens is 258 g/mol. The van der Waals surface area contributed by atoms with Gasteiger partial charge in [0.1, 0.15) is 0 Å². The van der Waals surface area contributed by atoms with Crippen molar-refractivity contribution in [2.45, 2.75) is 20.8 Å². The first-order chi connectivity index (χ1) is 10.1. The third-order valence-electron chi connectivity index (χ3n) is 5.46. The predicted octanol–water partition coefficient (Wildman–Crippen LogP) is 2.28. The Hall–Kier alpha value is -1.06. The molecule has 1 aromatic carbocycles. The normalized spacial score (nSPS) is 27.3. The van der Waals surface area contributed by atoms with Crippen molar-refractivity contribution in [1.29, 1.82) is 0 Å². The van der Waals surface area contributed by atoms with Crippen LogP contribution in [0.3, 0.4) is 0 Å². The summed E-state index contributed by atoms with van der Waals surface area (Å²) in [7, 11) is 0. The molecule has 2 aliphatic rings. The molecular formula is C18H29N3. The summed E-state index contributed by atoms with van der Waals surface area (Å²) in [6.45, 7) is 15.3. The van der Waals surface area contributed by atoms with Crippen LogP contribution in [0.2, 0.25) is 0 Å². The Morgan fingerprint density at radius 2 is 1.86 bits per heavy atom. The van der Waals surface area contributed by atoms with Crippen LogP contribution < -0.4 is 10.2 Å². The molecule has 1 aromatic rings. The molecule has 21 heavy (non-hydrogen) atoms. The summed E-state index contributed by atoms with van der Waals surface area (Å²) in [5, 5.41) is 3.52. The van der Waals surface area contributed by atoms with Crippen LogP contribution in [0.1, 0.15) is 18.1 Å². The fourth-order valence-electron chi connectivity index (χ4n) is 3.69. The van der Waals surface area contributed by atoms with Crippen LogP contribution in [-0.2, 0) is 0 Å². The highest BCUT2D eigenvalue weighted by Crippen LogP contribution is 2.24. The first kappa shape index (κ1) is 14.9. The first-order valence-corrected chi connectivity index (χ1v) is 8.39. The number of aryl methyl sites for hydroxylation is 1. The average Bonchev–Trinajstić information content (AvgIpc) is 2.88. The molecule has 0 amide bonds. The number of piperazine rings is 1. The van der Waals surface area contributed by atoms with Gasteiger partial charge in [0, 0.05) is 38.4 Å². The van der Waals surface area contributed by atoms with Gasteiger partial charge < -0.3 is 10.2 Å². The Labute approximate surface area is 129 Å². The van der Waals surface area contributed by atoms with Gasteiger partial charge in [-0.05, 0) is 56.0 Å². The van der Waals surface area contributed by atoms with Gasteiger partial charge in [-0.15, -0.1) is 0 Å². The summed E-state index contributed by atoms with van der Waals surface area (Å²) in [5.74, 6) is 1.68. The zero-order valence-electron chi connectivity index (χ0n) is 13.7. The number of rotatable bonds is 3. The maximum Gasteiger partial charge on any atom is 0.0399 e. The molecule has 0 unspecified atom stereocenters. The molecule has 0 spiro atoms. The SMILES string of the molecule is Cc1cccc(N2CCN(C[C@@H]3CNC[C@H]3C)CC2)c1C. The summed E-state index contributed by atoms with van der Waals surface area (Å²) in [4.78, 5) is 5.23. The molecule has 2 saturated heterocycles. The molecule has 1 N–H and O–H groups in total. The summed E-state index contributed by atoms with van der Waals surface area (Å²) >= 11 is 0. The molecule has 116 valence electrons. The van der Waals surface area contributed by atoms with Crippen LogP contribution in [0, 0.1) is 25.7 Å². The molecule has 3 heteroatoms. The Morgan fingerprint density at radius 3 is 2.52 bits per heavy atom. The van der Waals surface area contributed by atoms with Gasteiger partial charge in [0.15, 0.2) is 0 Å². The number of anilines is 1. The summed E-state index contributed by atoms with van der Waals surface area (Å²) < 4.78 is 0. The molecule has 0 bridgehead atoms.